The zero-order chi connectivity index (χ0) is 19.8. The fraction of sp³-hybridized carbons (Fsp3) is 0.167. The van der Waals surface area contributed by atoms with Crippen LogP contribution in [0, 0.1) is 0 Å². The highest BCUT2D eigenvalue weighted by atomic mass is 32.1. The fourth-order valence-electron chi connectivity index (χ4n) is 2.93. The third kappa shape index (κ3) is 3.59. The number of carboxylic acid groups (broad SMARTS) is 1. The minimum Gasteiger partial charge on any atom is -0.497 e. The largest absolute Gasteiger partial charge is 0.497 e. The number of hydrogen-bond donors (Lipinski definition) is 2. The highest BCUT2D eigenvalue weighted by Gasteiger charge is 2.18. The first-order valence-corrected chi connectivity index (χ1v) is 8.37. The summed E-state index contributed by atoms with van der Waals surface area (Å²) in [7, 11) is 1.60. The molecule has 0 radical (unpaired) electrons. The van der Waals surface area contributed by atoms with Crippen molar-refractivity contribution >= 4 is 30.5 Å². The van der Waals surface area contributed by atoms with Gasteiger partial charge in [-0.3, -0.25) is 14.5 Å². The van der Waals surface area contributed by atoms with Gasteiger partial charge in [0.15, 0.2) is 5.52 Å². The molecule has 0 fully saturated rings. The second-order valence-electron chi connectivity index (χ2n) is 6.14. The number of ether oxygens (including phenoxy) is 1. The number of nitrogens with one attached hydrogen (secondary N) is 1. The van der Waals surface area contributed by atoms with Crippen LogP contribution in [-0.2, 0) is 0 Å². The lowest BCUT2D eigenvalue weighted by Gasteiger charge is -2.14. The van der Waals surface area contributed by atoms with E-state index in [2.05, 4.69) is 20.2 Å². The van der Waals surface area contributed by atoms with Gasteiger partial charge in [0.25, 0.3) is 5.56 Å². The number of carbonyl (C=O) groups is 1. The van der Waals surface area contributed by atoms with Gasteiger partial charge < -0.3 is 9.84 Å². The van der Waals surface area contributed by atoms with E-state index in [-0.39, 0.29) is 31.0 Å². The molecule has 11 heteroatoms. The summed E-state index contributed by atoms with van der Waals surface area (Å²) in [6, 6.07) is 7.29. The van der Waals surface area contributed by atoms with E-state index in [1.165, 1.54) is 23.3 Å². The molecule has 4 rings (SSSR count). The predicted molar refractivity (Wildman–Crippen MR) is 109 cm³/mol. The lowest BCUT2D eigenvalue weighted by molar-refractivity contribution is 0.0697. The third-order valence-electron chi connectivity index (χ3n) is 4.45. The maximum absolute atomic E-state index is 12.7. The third-order valence-corrected chi connectivity index (χ3v) is 4.45. The summed E-state index contributed by atoms with van der Waals surface area (Å²) in [6.07, 6.45) is 3.95. The zero-order valence-electron chi connectivity index (χ0n) is 15.5. The van der Waals surface area contributed by atoms with E-state index in [1.54, 1.807) is 11.8 Å². The number of aromatic amines is 1. The molecular weight excluding hydrogens is 396 g/mol. The Hall–Kier alpha value is -3.60. The Morgan fingerprint density at radius 2 is 1.93 bits per heavy atom. The second kappa shape index (κ2) is 7.80. The molecule has 0 saturated carbocycles. The Morgan fingerprint density at radius 3 is 2.55 bits per heavy atom. The number of rotatable bonds is 5. The van der Waals surface area contributed by atoms with Crippen LogP contribution >= 0.6 is 13.5 Å². The second-order valence-corrected chi connectivity index (χ2v) is 6.14. The maximum atomic E-state index is 12.7. The van der Waals surface area contributed by atoms with Crippen LogP contribution in [-0.4, -0.2) is 47.7 Å². The number of fused-ring (bicyclic) bond motifs is 1. The molecule has 3 aromatic heterocycles. The van der Waals surface area contributed by atoms with Crippen molar-refractivity contribution in [2.75, 3.05) is 7.11 Å². The standard InChI is InChI=1S/C18H16N6O4.H2S/c1-10(11-3-5-13(28-2)6-4-11)24-15-14(8-20-24)21-18(22-16(15)25)23-9-12(7-19-23)17(26)27;/h3-10H,1-2H3,(H,26,27)(H,21,22,25);1H2/t10-;/m0./s1. The van der Waals surface area contributed by atoms with E-state index in [9.17, 15) is 9.59 Å². The molecule has 0 saturated heterocycles. The molecule has 0 bridgehead atoms. The molecule has 0 unspecified atom stereocenters. The molecule has 1 atom stereocenters. The maximum Gasteiger partial charge on any atom is 0.338 e. The van der Waals surface area contributed by atoms with Gasteiger partial charge in [0, 0.05) is 6.20 Å². The highest BCUT2D eigenvalue weighted by molar-refractivity contribution is 7.59. The SMILES string of the molecule is COc1ccc([C@H](C)n2ncc3nc(-n4cc(C(=O)O)cn4)[nH]c(=O)c32)cc1.S. The van der Waals surface area contributed by atoms with Gasteiger partial charge in [0.05, 0.1) is 31.1 Å². The Labute approximate surface area is 171 Å². The van der Waals surface area contributed by atoms with Crippen molar-refractivity contribution in [3.05, 3.63) is 64.3 Å². The zero-order valence-corrected chi connectivity index (χ0v) is 16.5. The summed E-state index contributed by atoms with van der Waals surface area (Å²) >= 11 is 0. The average molecular weight is 414 g/mol. The van der Waals surface area contributed by atoms with Crippen molar-refractivity contribution in [3.8, 4) is 11.7 Å². The molecule has 0 aliphatic rings. The first-order valence-electron chi connectivity index (χ1n) is 8.37. The lowest BCUT2D eigenvalue weighted by atomic mass is 10.1. The summed E-state index contributed by atoms with van der Waals surface area (Å²) in [5.41, 5.74) is 1.24. The van der Waals surface area contributed by atoms with Crippen molar-refractivity contribution < 1.29 is 14.6 Å². The minimum absolute atomic E-state index is 0. The van der Waals surface area contributed by atoms with Gasteiger partial charge >= 0.3 is 5.97 Å². The Bertz CT molecular complexity index is 1230. The molecule has 2 N–H and O–H groups in total. The summed E-state index contributed by atoms with van der Waals surface area (Å²) in [5, 5.41) is 17.3. The number of benzene rings is 1. The van der Waals surface area contributed by atoms with Gasteiger partial charge in [0.1, 0.15) is 11.3 Å². The van der Waals surface area contributed by atoms with Crippen LogP contribution in [0.1, 0.15) is 28.9 Å². The molecular formula is C18H18N6O4S. The van der Waals surface area contributed by atoms with E-state index in [4.69, 9.17) is 9.84 Å². The summed E-state index contributed by atoms with van der Waals surface area (Å²) in [6.45, 7) is 1.92. The van der Waals surface area contributed by atoms with Gasteiger partial charge in [-0.1, -0.05) is 12.1 Å². The van der Waals surface area contributed by atoms with Crippen LogP contribution in [0.4, 0.5) is 0 Å². The smallest absolute Gasteiger partial charge is 0.338 e. The number of aromatic nitrogens is 6. The van der Waals surface area contributed by atoms with Crippen LogP contribution in [0.2, 0.25) is 0 Å². The monoisotopic (exact) mass is 414 g/mol. The molecule has 0 aliphatic carbocycles. The van der Waals surface area contributed by atoms with Crippen molar-refractivity contribution in [2.24, 2.45) is 0 Å². The normalized spacial score (nSPS) is 11.8. The Balaban J connectivity index is 0.00000240. The van der Waals surface area contributed by atoms with Crippen LogP contribution in [0.25, 0.3) is 17.0 Å². The van der Waals surface area contributed by atoms with Gasteiger partial charge in [0.2, 0.25) is 5.95 Å². The van der Waals surface area contributed by atoms with Gasteiger partial charge in [-0.25, -0.2) is 14.5 Å². The molecule has 0 amide bonds. The van der Waals surface area contributed by atoms with E-state index < -0.39 is 11.5 Å². The summed E-state index contributed by atoms with van der Waals surface area (Å²) < 4.78 is 7.97. The van der Waals surface area contributed by atoms with E-state index in [1.807, 2.05) is 31.2 Å². The van der Waals surface area contributed by atoms with Crippen LogP contribution < -0.4 is 10.3 Å². The van der Waals surface area contributed by atoms with Crippen molar-refractivity contribution in [1.29, 1.82) is 0 Å². The topological polar surface area (TPSA) is 128 Å². The molecule has 1 aromatic carbocycles. The number of hydrogen-bond acceptors (Lipinski definition) is 6. The molecule has 4 aromatic rings. The summed E-state index contributed by atoms with van der Waals surface area (Å²) in [4.78, 5) is 30.7. The Morgan fingerprint density at radius 1 is 1.21 bits per heavy atom. The van der Waals surface area contributed by atoms with Crippen LogP contribution in [0.3, 0.4) is 0 Å². The number of carboxylic acids is 1. The first-order chi connectivity index (χ1) is 13.5. The van der Waals surface area contributed by atoms with E-state index in [0.717, 1.165) is 11.3 Å². The lowest BCUT2D eigenvalue weighted by Crippen LogP contribution is -2.18. The van der Waals surface area contributed by atoms with Gasteiger partial charge in [-0.05, 0) is 24.6 Å². The molecule has 0 aliphatic heterocycles. The first kappa shape index (κ1) is 20.1. The van der Waals surface area contributed by atoms with Crippen molar-refractivity contribution in [2.45, 2.75) is 13.0 Å². The van der Waals surface area contributed by atoms with Gasteiger partial charge in [-0.15, -0.1) is 0 Å². The number of H-pyrrole nitrogens is 1. The molecule has 0 spiro atoms. The van der Waals surface area contributed by atoms with Crippen LogP contribution in [0.5, 0.6) is 5.75 Å². The molecule has 3 heterocycles. The Kier molecular flexibility index (Phi) is 5.41. The quantitative estimate of drug-likeness (QED) is 0.509. The average Bonchev–Trinajstić information content (AvgIpc) is 3.35. The van der Waals surface area contributed by atoms with Crippen molar-refractivity contribution in [1.82, 2.24) is 29.5 Å². The summed E-state index contributed by atoms with van der Waals surface area (Å²) in [5.74, 6) is -0.261. The van der Waals surface area contributed by atoms with E-state index in [0.29, 0.717) is 11.0 Å². The molecule has 10 nitrogen and oxygen atoms in total. The highest BCUT2D eigenvalue weighted by Crippen LogP contribution is 2.23. The molecule has 29 heavy (non-hydrogen) atoms. The number of methoxy groups -OCH3 is 1. The van der Waals surface area contributed by atoms with Crippen LogP contribution in [0.15, 0.2) is 47.7 Å². The predicted octanol–water partition coefficient (Wildman–Crippen LogP) is 1.73. The minimum atomic E-state index is -1.11. The van der Waals surface area contributed by atoms with Gasteiger partial charge in [-0.2, -0.15) is 23.7 Å². The fourth-order valence-corrected chi connectivity index (χ4v) is 2.93. The molecule has 150 valence electrons. The van der Waals surface area contributed by atoms with Crippen molar-refractivity contribution in [3.63, 3.8) is 0 Å². The van der Waals surface area contributed by atoms with E-state index >= 15 is 0 Å². The number of nitrogens with zero attached hydrogens (tertiary/aromatic N) is 5. The number of aromatic carboxylic acids is 1.